The highest BCUT2D eigenvalue weighted by atomic mass is 16.5. The average molecular weight is 466 g/mol. The molecule has 0 bridgehead atoms. The molecule has 180 valence electrons. The van der Waals surface area contributed by atoms with Crippen molar-refractivity contribution in [1.82, 2.24) is 25.5 Å². The molecule has 0 saturated carbocycles. The maximum atomic E-state index is 12.8. The van der Waals surface area contributed by atoms with Gasteiger partial charge in [-0.25, -0.2) is 4.98 Å². The highest BCUT2D eigenvalue weighted by Crippen LogP contribution is 2.26. The number of nitrogens with zero attached hydrogens (tertiary/aromatic N) is 4. The van der Waals surface area contributed by atoms with E-state index in [9.17, 15) is 9.90 Å². The Balaban J connectivity index is 1.34. The largest absolute Gasteiger partial charge is 0.494 e. The molecule has 10 heteroatoms. The van der Waals surface area contributed by atoms with E-state index in [4.69, 9.17) is 4.74 Å². The van der Waals surface area contributed by atoms with E-state index in [-0.39, 0.29) is 5.91 Å². The minimum Gasteiger partial charge on any atom is -0.494 e. The third kappa shape index (κ3) is 5.63. The predicted octanol–water partition coefficient (Wildman–Crippen LogP) is 2.61. The second-order valence-electron chi connectivity index (χ2n) is 8.53. The molecule has 1 saturated heterocycles. The van der Waals surface area contributed by atoms with Crippen LogP contribution in [0.3, 0.4) is 0 Å². The van der Waals surface area contributed by atoms with Crippen LogP contribution in [-0.4, -0.2) is 56.5 Å². The molecule has 10 nitrogen and oxygen atoms in total. The Morgan fingerprint density at radius 3 is 2.53 bits per heavy atom. The molecule has 0 unspecified atom stereocenters. The molecule has 1 amide bonds. The fraction of sp³-hybridized carbons (Fsp3) is 0.417. The summed E-state index contributed by atoms with van der Waals surface area (Å²) < 4.78 is 5.44. The van der Waals surface area contributed by atoms with E-state index in [0.717, 1.165) is 22.7 Å². The molecule has 4 rings (SSSR count). The standard InChI is InChI=1S/C24H31N7O3/c1-4-34-19-7-5-18(6-8-19)15-25-22(32)24(33)9-11-31(12-10-24)23-26-16(2)13-20(28-23)27-21-14-17(3)29-30-21/h5-8,13-14,33H,4,9-12,15H2,1-3H3,(H,25,32)(H2,26,27,28,29,30). The van der Waals surface area contributed by atoms with Gasteiger partial charge in [-0.05, 0) is 38.5 Å². The van der Waals surface area contributed by atoms with Gasteiger partial charge in [-0.1, -0.05) is 12.1 Å². The number of aromatic nitrogens is 4. The van der Waals surface area contributed by atoms with Gasteiger partial charge in [-0.2, -0.15) is 10.1 Å². The Morgan fingerprint density at radius 2 is 1.88 bits per heavy atom. The summed E-state index contributed by atoms with van der Waals surface area (Å²) in [6.45, 7) is 7.66. The summed E-state index contributed by atoms with van der Waals surface area (Å²) in [4.78, 5) is 23.9. The zero-order valence-corrected chi connectivity index (χ0v) is 19.8. The predicted molar refractivity (Wildman–Crippen MR) is 129 cm³/mol. The molecule has 2 aromatic heterocycles. The molecule has 1 aromatic carbocycles. The monoisotopic (exact) mass is 465 g/mol. The number of anilines is 3. The van der Waals surface area contributed by atoms with Crippen LogP contribution in [0.5, 0.6) is 5.75 Å². The van der Waals surface area contributed by atoms with Crippen molar-refractivity contribution in [3.63, 3.8) is 0 Å². The Hall–Kier alpha value is -3.66. The van der Waals surface area contributed by atoms with E-state index in [1.807, 2.05) is 62.1 Å². The Kier molecular flexibility index (Phi) is 6.97. The molecular formula is C24H31N7O3. The first-order valence-corrected chi connectivity index (χ1v) is 11.5. The van der Waals surface area contributed by atoms with Crippen molar-refractivity contribution in [3.8, 4) is 5.75 Å². The first-order valence-electron chi connectivity index (χ1n) is 11.5. The summed E-state index contributed by atoms with van der Waals surface area (Å²) in [5.41, 5.74) is 1.29. The molecule has 34 heavy (non-hydrogen) atoms. The van der Waals surface area contributed by atoms with E-state index in [2.05, 4.69) is 30.8 Å². The Labute approximate surface area is 198 Å². The van der Waals surface area contributed by atoms with Gasteiger partial charge in [0.2, 0.25) is 5.95 Å². The van der Waals surface area contributed by atoms with Crippen LogP contribution in [0.1, 0.15) is 36.7 Å². The third-order valence-corrected chi connectivity index (χ3v) is 5.79. The van der Waals surface area contributed by atoms with Crippen molar-refractivity contribution >= 4 is 23.5 Å². The molecule has 0 atom stereocenters. The number of benzene rings is 1. The Bertz CT molecular complexity index is 1120. The number of carbonyl (C=O) groups excluding carboxylic acids is 1. The number of aromatic amines is 1. The second kappa shape index (κ2) is 10.1. The smallest absolute Gasteiger partial charge is 0.252 e. The number of hydrogen-bond donors (Lipinski definition) is 4. The van der Waals surface area contributed by atoms with Crippen molar-refractivity contribution in [2.45, 2.75) is 45.8 Å². The van der Waals surface area contributed by atoms with Gasteiger partial charge in [-0.15, -0.1) is 0 Å². The minimum absolute atomic E-state index is 0.292. The molecule has 0 spiro atoms. The van der Waals surface area contributed by atoms with Gasteiger partial charge in [-0.3, -0.25) is 9.89 Å². The summed E-state index contributed by atoms with van der Waals surface area (Å²) in [5.74, 6) is 2.32. The van der Waals surface area contributed by atoms with Crippen LogP contribution in [0.2, 0.25) is 0 Å². The molecule has 0 radical (unpaired) electrons. The van der Waals surface area contributed by atoms with Crippen molar-refractivity contribution in [1.29, 1.82) is 0 Å². The van der Waals surface area contributed by atoms with E-state index in [1.165, 1.54) is 0 Å². The number of carbonyl (C=O) groups is 1. The zero-order valence-electron chi connectivity index (χ0n) is 19.8. The second-order valence-corrected chi connectivity index (χ2v) is 8.53. The normalized spacial score (nSPS) is 15.1. The lowest BCUT2D eigenvalue weighted by Crippen LogP contribution is -2.54. The number of rotatable bonds is 8. The highest BCUT2D eigenvalue weighted by Gasteiger charge is 2.39. The number of hydrogen-bond acceptors (Lipinski definition) is 8. The van der Waals surface area contributed by atoms with Gasteiger partial charge in [0.15, 0.2) is 5.82 Å². The lowest BCUT2D eigenvalue weighted by molar-refractivity contribution is -0.142. The fourth-order valence-electron chi connectivity index (χ4n) is 3.89. The third-order valence-electron chi connectivity index (χ3n) is 5.79. The molecular weight excluding hydrogens is 434 g/mol. The summed E-state index contributed by atoms with van der Waals surface area (Å²) in [7, 11) is 0. The summed E-state index contributed by atoms with van der Waals surface area (Å²) in [6.07, 6.45) is 0.585. The molecule has 1 aliphatic heterocycles. The van der Waals surface area contributed by atoms with Crippen LogP contribution in [0.4, 0.5) is 17.6 Å². The van der Waals surface area contributed by atoms with Crippen LogP contribution in [-0.2, 0) is 11.3 Å². The Morgan fingerprint density at radius 1 is 1.15 bits per heavy atom. The molecule has 1 fully saturated rings. The maximum Gasteiger partial charge on any atom is 0.252 e. The van der Waals surface area contributed by atoms with Gasteiger partial charge >= 0.3 is 0 Å². The highest BCUT2D eigenvalue weighted by molar-refractivity contribution is 5.85. The minimum atomic E-state index is -1.42. The lowest BCUT2D eigenvalue weighted by atomic mass is 9.90. The van der Waals surface area contributed by atoms with Crippen LogP contribution < -0.4 is 20.3 Å². The summed E-state index contributed by atoms with van der Waals surface area (Å²) in [6, 6.07) is 11.3. The number of ether oxygens (including phenoxy) is 1. The van der Waals surface area contributed by atoms with Gasteiger partial charge in [0.1, 0.15) is 17.2 Å². The molecule has 3 aromatic rings. The quantitative estimate of drug-likeness (QED) is 0.400. The van der Waals surface area contributed by atoms with Crippen LogP contribution in [0.15, 0.2) is 36.4 Å². The van der Waals surface area contributed by atoms with Crippen molar-refractivity contribution in [3.05, 3.63) is 53.3 Å². The van der Waals surface area contributed by atoms with E-state index in [0.29, 0.717) is 56.7 Å². The number of nitrogens with one attached hydrogen (secondary N) is 3. The van der Waals surface area contributed by atoms with Crippen molar-refractivity contribution in [2.24, 2.45) is 0 Å². The number of amides is 1. The number of aliphatic hydroxyl groups is 1. The maximum absolute atomic E-state index is 12.8. The molecule has 1 aliphatic rings. The summed E-state index contributed by atoms with van der Waals surface area (Å²) in [5, 5.41) is 24.1. The van der Waals surface area contributed by atoms with E-state index >= 15 is 0 Å². The van der Waals surface area contributed by atoms with Gasteiger partial charge in [0.25, 0.3) is 5.91 Å². The van der Waals surface area contributed by atoms with Crippen LogP contribution in [0, 0.1) is 13.8 Å². The molecule has 3 heterocycles. The fourth-order valence-corrected chi connectivity index (χ4v) is 3.89. The first-order chi connectivity index (χ1) is 16.3. The number of H-pyrrole nitrogens is 1. The van der Waals surface area contributed by atoms with Gasteiger partial charge < -0.3 is 25.4 Å². The van der Waals surface area contributed by atoms with E-state index in [1.54, 1.807) is 0 Å². The lowest BCUT2D eigenvalue weighted by Gasteiger charge is -2.37. The topological polar surface area (TPSA) is 128 Å². The molecule has 0 aliphatic carbocycles. The van der Waals surface area contributed by atoms with Gasteiger partial charge in [0, 0.05) is 56.0 Å². The molecule has 4 N–H and O–H groups in total. The van der Waals surface area contributed by atoms with Crippen LogP contribution in [0.25, 0.3) is 0 Å². The number of piperidine rings is 1. The van der Waals surface area contributed by atoms with Crippen molar-refractivity contribution in [2.75, 3.05) is 29.9 Å². The first kappa shape index (κ1) is 23.5. The summed E-state index contributed by atoms with van der Waals surface area (Å²) >= 11 is 0. The van der Waals surface area contributed by atoms with Crippen LogP contribution >= 0.6 is 0 Å². The zero-order chi connectivity index (χ0) is 24.1. The SMILES string of the molecule is CCOc1ccc(CNC(=O)C2(O)CCN(c3nc(C)cc(Nc4cc(C)[nH]n4)n3)CC2)cc1. The number of aryl methyl sites for hydroxylation is 2. The van der Waals surface area contributed by atoms with Crippen molar-refractivity contribution < 1.29 is 14.6 Å². The van der Waals surface area contributed by atoms with Gasteiger partial charge in [0.05, 0.1) is 6.61 Å². The average Bonchev–Trinajstić information content (AvgIpc) is 3.23. The van der Waals surface area contributed by atoms with E-state index < -0.39 is 5.60 Å².